The van der Waals surface area contributed by atoms with E-state index >= 15 is 0 Å². The van der Waals surface area contributed by atoms with Gasteiger partial charge in [0.05, 0.1) is 29.5 Å². The fourth-order valence-corrected chi connectivity index (χ4v) is 1.31. The van der Waals surface area contributed by atoms with Crippen molar-refractivity contribution in [1.29, 1.82) is 0 Å². The van der Waals surface area contributed by atoms with Crippen molar-refractivity contribution in [3.8, 4) is 0 Å². The maximum atomic E-state index is 10.4. The first-order valence-electron chi connectivity index (χ1n) is 4.91. The minimum atomic E-state index is -0.833. The zero-order valence-electron chi connectivity index (χ0n) is 8.88. The second-order valence-corrected chi connectivity index (χ2v) is 3.56. The first-order valence-corrected chi connectivity index (χ1v) is 4.91. The maximum absolute atomic E-state index is 10.4. The summed E-state index contributed by atoms with van der Waals surface area (Å²) in [5.41, 5.74) is -0.833. The van der Waals surface area contributed by atoms with E-state index < -0.39 is 10.5 Å². The molecule has 6 nitrogen and oxygen atoms in total. The smallest absolute Gasteiger partial charge is 0.388 e. The largest absolute Gasteiger partial charge is 0.389 e. The van der Waals surface area contributed by atoms with Gasteiger partial charge in [0, 0.05) is 0 Å². The number of rotatable bonds is 5. The SMILES string of the molecule is CCC(O)(CC)Cn1ccc([N+](=O)[O-])n1. The molecule has 0 atom stereocenters. The highest BCUT2D eigenvalue weighted by atomic mass is 16.6. The first kappa shape index (κ1) is 11.6. The number of aliphatic hydroxyl groups is 1. The summed E-state index contributed by atoms with van der Waals surface area (Å²) >= 11 is 0. The average molecular weight is 213 g/mol. The Labute approximate surface area is 87.7 Å². The van der Waals surface area contributed by atoms with Crippen LogP contribution in [0.15, 0.2) is 12.3 Å². The standard InChI is InChI=1S/C9H15N3O3/c1-3-9(13,4-2)7-11-6-5-8(10-11)12(14)15/h5-6,13H,3-4,7H2,1-2H3. The van der Waals surface area contributed by atoms with Crippen LogP contribution in [0.2, 0.25) is 0 Å². The highest BCUT2D eigenvalue weighted by Crippen LogP contribution is 2.17. The molecule has 1 N–H and O–H groups in total. The van der Waals surface area contributed by atoms with Crippen molar-refractivity contribution in [2.75, 3.05) is 0 Å². The molecular formula is C9H15N3O3. The Morgan fingerprint density at radius 3 is 2.60 bits per heavy atom. The van der Waals surface area contributed by atoms with Gasteiger partial charge in [0.1, 0.15) is 0 Å². The normalized spacial score (nSPS) is 11.7. The fraction of sp³-hybridized carbons (Fsp3) is 0.667. The lowest BCUT2D eigenvalue weighted by atomic mass is 9.98. The van der Waals surface area contributed by atoms with E-state index in [2.05, 4.69) is 5.10 Å². The van der Waals surface area contributed by atoms with E-state index in [1.54, 1.807) is 0 Å². The van der Waals surface area contributed by atoms with Crippen LogP contribution in [0.5, 0.6) is 0 Å². The monoisotopic (exact) mass is 213 g/mol. The van der Waals surface area contributed by atoms with Crippen LogP contribution in [-0.4, -0.2) is 25.4 Å². The number of hydrogen-bond donors (Lipinski definition) is 1. The summed E-state index contributed by atoms with van der Waals surface area (Å²) in [4.78, 5) is 9.84. The van der Waals surface area contributed by atoms with E-state index in [1.165, 1.54) is 16.9 Å². The molecule has 0 fully saturated rings. The molecule has 0 unspecified atom stereocenters. The van der Waals surface area contributed by atoms with Gasteiger partial charge in [0.2, 0.25) is 0 Å². The van der Waals surface area contributed by atoms with Gasteiger partial charge >= 0.3 is 5.82 Å². The lowest BCUT2D eigenvalue weighted by Crippen LogP contribution is -2.32. The minimum absolute atomic E-state index is 0.190. The lowest BCUT2D eigenvalue weighted by molar-refractivity contribution is -0.389. The molecule has 0 radical (unpaired) electrons. The summed E-state index contributed by atoms with van der Waals surface area (Å²) < 4.78 is 1.41. The van der Waals surface area contributed by atoms with Gasteiger partial charge in [-0.2, -0.15) is 4.68 Å². The van der Waals surface area contributed by atoms with Crippen molar-refractivity contribution >= 4 is 5.82 Å². The predicted octanol–water partition coefficient (Wildman–Crippen LogP) is 1.34. The Kier molecular flexibility index (Phi) is 3.41. The quantitative estimate of drug-likeness (QED) is 0.591. The van der Waals surface area contributed by atoms with Gasteiger partial charge in [0.25, 0.3) is 0 Å². The van der Waals surface area contributed by atoms with Crippen molar-refractivity contribution in [2.24, 2.45) is 0 Å². The Morgan fingerprint density at radius 1 is 1.60 bits per heavy atom. The van der Waals surface area contributed by atoms with Gasteiger partial charge < -0.3 is 15.2 Å². The third kappa shape index (κ3) is 2.76. The Morgan fingerprint density at radius 2 is 2.20 bits per heavy atom. The molecule has 0 bridgehead atoms. The number of nitro groups is 1. The zero-order valence-corrected chi connectivity index (χ0v) is 8.88. The minimum Gasteiger partial charge on any atom is -0.388 e. The van der Waals surface area contributed by atoms with Gasteiger partial charge in [0.15, 0.2) is 0 Å². The van der Waals surface area contributed by atoms with Crippen LogP contribution in [0.1, 0.15) is 26.7 Å². The van der Waals surface area contributed by atoms with Gasteiger partial charge in [-0.1, -0.05) is 13.8 Å². The summed E-state index contributed by atoms with van der Waals surface area (Å²) in [5, 5.41) is 24.1. The molecule has 0 aliphatic heterocycles. The molecule has 84 valence electrons. The highest BCUT2D eigenvalue weighted by Gasteiger charge is 2.25. The molecule has 0 aliphatic carbocycles. The van der Waals surface area contributed by atoms with Crippen molar-refractivity contribution in [2.45, 2.75) is 38.8 Å². The average Bonchev–Trinajstić information content (AvgIpc) is 2.66. The second-order valence-electron chi connectivity index (χ2n) is 3.56. The third-order valence-electron chi connectivity index (χ3n) is 2.59. The van der Waals surface area contributed by atoms with Crippen LogP contribution in [-0.2, 0) is 6.54 Å². The molecule has 0 aliphatic rings. The molecule has 1 rings (SSSR count). The van der Waals surface area contributed by atoms with E-state index in [0.717, 1.165) is 0 Å². The molecule has 0 spiro atoms. The Bertz CT molecular complexity index is 344. The summed E-state index contributed by atoms with van der Waals surface area (Å²) in [6.45, 7) is 4.04. The Balaban J connectivity index is 2.76. The maximum Gasteiger partial charge on any atom is 0.389 e. The van der Waals surface area contributed by atoms with Crippen LogP contribution < -0.4 is 0 Å². The molecular weight excluding hydrogens is 198 g/mol. The Hall–Kier alpha value is -1.43. The predicted molar refractivity (Wildman–Crippen MR) is 54.4 cm³/mol. The van der Waals surface area contributed by atoms with E-state index in [9.17, 15) is 15.2 Å². The van der Waals surface area contributed by atoms with Gasteiger partial charge in [-0.05, 0) is 17.8 Å². The molecule has 0 aromatic carbocycles. The zero-order chi connectivity index (χ0) is 11.5. The van der Waals surface area contributed by atoms with Crippen molar-refractivity contribution in [1.82, 2.24) is 9.78 Å². The molecule has 0 saturated carbocycles. The third-order valence-corrected chi connectivity index (χ3v) is 2.59. The molecule has 6 heteroatoms. The van der Waals surface area contributed by atoms with Crippen molar-refractivity contribution in [3.63, 3.8) is 0 Å². The van der Waals surface area contributed by atoms with Crippen molar-refractivity contribution < 1.29 is 10.0 Å². The highest BCUT2D eigenvalue weighted by molar-refractivity contribution is 5.14. The number of aromatic nitrogens is 2. The first-order chi connectivity index (χ1) is 7.00. The summed E-state index contributed by atoms with van der Waals surface area (Å²) in [6.07, 6.45) is 2.70. The number of hydrogen-bond acceptors (Lipinski definition) is 4. The van der Waals surface area contributed by atoms with E-state index in [-0.39, 0.29) is 12.4 Å². The summed E-state index contributed by atoms with van der Waals surface area (Å²) in [6, 6.07) is 1.33. The van der Waals surface area contributed by atoms with Gasteiger partial charge in [-0.25, -0.2) is 0 Å². The number of nitrogens with zero attached hydrogens (tertiary/aromatic N) is 3. The van der Waals surface area contributed by atoms with Gasteiger partial charge in [-0.15, -0.1) is 0 Å². The lowest BCUT2D eigenvalue weighted by Gasteiger charge is -2.23. The van der Waals surface area contributed by atoms with E-state index in [1.807, 2.05) is 13.8 Å². The van der Waals surface area contributed by atoms with Crippen LogP contribution in [0.25, 0.3) is 0 Å². The molecule has 1 aromatic rings. The fourth-order valence-electron chi connectivity index (χ4n) is 1.31. The summed E-state index contributed by atoms with van der Waals surface area (Å²) in [7, 11) is 0. The van der Waals surface area contributed by atoms with E-state index in [0.29, 0.717) is 12.8 Å². The summed E-state index contributed by atoms with van der Waals surface area (Å²) in [5.74, 6) is -0.190. The van der Waals surface area contributed by atoms with Crippen LogP contribution >= 0.6 is 0 Å². The van der Waals surface area contributed by atoms with Crippen molar-refractivity contribution in [3.05, 3.63) is 22.4 Å². The van der Waals surface area contributed by atoms with E-state index in [4.69, 9.17) is 0 Å². The molecule has 0 amide bonds. The molecule has 0 saturated heterocycles. The van der Waals surface area contributed by atoms with Crippen LogP contribution in [0.4, 0.5) is 5.82 Å². The van der Waals surface area contributed by atoms with Gasteiger partial charge in [-0.3, -0.25) is 0 Å². The molecule has 15 heavy (non-hydrogen) atoms. The van der Waals surface area contributed by atoms with Crippen LogP contribution in [0.3, 0.4) is 0 Å². The van der Waals surface area contributed by atoms with Crippen LogP contribution in [0, 0.1) is 10.1 Å². The second kappa shape index (κ2) is 4.39. The molecule has 1 aromatic heterocycles. The topological polar surface area (TPSA) is 81.2 Å². The molecule has 1 heterocycles.